The van der Waals surface area contributed by atoms with Gasteiger partial charge in [0, 0.05) is 25.6 Å². The second-order valence-electron chi connectivity index (χ2n) is 7.30. The third-order valence-electron chi connectivity index (χ3n) is 5.16. The molecular formula is C23H30N2O4. The number of urea groups is 1. The normalized spacial score (nSPS) is 16.3. The molecule has 156 valence electrons. The molecule has 0 aliphatic carbocycles. The summed E-state index contributed by atoms with van der Waals surface area (Å²) < 4.78 is 16.5. The smallest absolute Gasteiger partial charge is 0.317 e. The summed E-state index contributed by atoms with van der Waals surface area (Å²) in [6.45, 7) is 3.25. The van der Waals surface area contributed by atoms with Gasteiger partial charge in [-0.25, -0.2) is 4.79 Å². The lowest BCUT2D eigenvalue weighted by Crippen LogP contribution is -2.46. The molecule has 6 nitrogen and oxygen atoms in total. The largest absolute Gasteiger partial charge is 0.493 e. The third kappa shape index (κ3) is 6.12. The van der Waals surface area contributed by atoms with Crippen LogP contribution in [-0.2, 0) is 17.9 Å². The van der Waals surface area contributed by atoms with Crippen LogP contribution >= 0.6 is 0 Å². The van der Waals surface area contributed by atoms with E-state index in [0.29, 0.717) is 37.2 Å². The number of rotatable bonds is 8. The van der Waals surface area contributed by atoms with E-state index in [-0.39, 0.29) is 6.03 Å². The highest BCUT2D eigenvalue weighted by Gasteiger charge is 2.23. The van der Waals surface area contributed by atoms with Crippen molar-refractivity contribution in [3.05, 3.63) is 59.7 Å². The molecule has 2 aromatic carbocycles. The molecule has 0 spiro atoms. The number of nitrogens with zero attached hydrogens (tertiary/aromatic N) is 1. The molecule has 1 heterocycles. The molecule has 1 saturated heterocycles. The summed E-state index contributed by atoms with van der Waals surface area (Å²) in [4.78, 5) is 14.5. The number of likely N-dealkylation sites (tertiary alicyclic amines) is 1. The van der Waals surface area contributed by atoms with Crippen LogP contribution in [0.3, 0.4) is 0 Å². The molecule has 1 atom stereocenters. The number of benzene rings is 2. The third-order valence-corrected chi connectivity index (χ3v) is 5.16. The van der Waals surface area contributed by atoms with Gasteiger partial charge in [0.15, 0.2) is 11.5 Å². The average molecular weight is 399 g/mol. The summed E-state index contributed by atoms with van der Waals surface area (Å²) in [6, 6.07) is 15.8. The lowest BCUT2D eigenvalue weighted by atomic mass is 9.99. The Morgan fingerprint density at radius 3 is 2.62 bits per heavy atom. The van der Waals surface area contributed by atoms with Crippen LogP contribution in [0, 0.1) is 5.92 Å². The van der Waals surface area contributed by atoms with Gasteiger partial charge in [-0.2, -0.15) is 0 Å². The minimum atomic E-state index is -0.0347. The number of nitrogens with one attached hydrogen (secondary N) is 1. The van der Waals surface area contributed by atoms with Crippen LogP contribution in [0.15, 0.2) is 48.5 Å². The van der Waals surface area contributed by atoms with Gasteiger partial charge in [-0.1, -0.05) is 36.4 Å². The first-order valence-corrected chi connectivity index (χ1v) is 10.0. The van der Waals surface area contributed by atoms with Crippen molar-refractivity contribution >= 4 is 6.03 Å². The number of amides is 2. The maximum absolute atomic E-state index is 12.6. The van der Waals surface area contributed by atoms with Crippen molar-refractivity contribution in [3.63, 3.8) is 0 Å². The predicted molar refractivity (Wildman–Crippen MR) is 112 cm³/mol. The summed E-state index contributed by atoms with van der Waals surface area (Å²) in [7, 11) is 3.21. The first kappa shape index (κ1) is 21.0. The van der Waals surface area contributed by atoms with E-state index in [1.54, 1.807) is 14.2 Å². The number of ether oxygens (including phenoxy) is 3. The van der Waals surface area contributed by atoms with Gasteiger partial charge in [-0.05, 0) is 36.1 Å². The molecule has 1 unspecified atom stereocenters. The van der Waals surface area contributed by atoms with Crippen LogP contribution in [0.4, 0.5) is 4.79 Å². The number of carbonyl (C=O) groups excluding carboxylic acids is 1. The first-order chi connectivity index (χ1) is 14.2. The molecule has 1 N–H and O–H groups in total. The number of carbonyl (C=O) groups is 1. The highest BCUT2D eigenvalue weighted by atomic mass is 16.5. The van der Waals surface area contributed by atoms with Crippen LogP contribution in [0.1, 0.15) is 24.0 Å². The van der Waals surface area contributed by atoms with Gasteiger partial charge in [0.25, 0.3) is 0 Å². The van der Waals surface area contributed by atoms with Crippen molar-refractivity contribution in [2.45, 2.75) is 26.0 Å². The van der Waals surface area contributed by atoms with Gasteiger partial charge in [0.1, 0.15) is 0 Å². The van der Waals surface area contributed by atoms with E-state index in [1.165, 1.54) is 5.56 Å². The second kappa shape index (κ2) is 10.7. The molecule has 0 radical (unpaired) electrons. The van der Waals surface area contributed by atoms with Crippen molar-refractivity contribution in [1.29, 1.82) is 0 Å². The quantitative estimate of drug-likeness (QED) is 0.734. The van der Waals surface area contributed by atoms with E-state index in [2.05, 4.69) is 17.4 Å². The Morgan fingerprint density at radius 1 is 1.07 bits per heavy atom. The van der Waals surface area contributed by atoms with Crippen LogP contribution < -0.4 is 14.8 Å². The molecule has 1 aliphatic rings. The van der Waals surface area contributed by atoms with E-state index in [1.807, 2.05) is 41.3 Å². The average Bonchev–Trinajstić information content (AvgIpc) is 2.78. The number of hydrogen-bond donors (Lipinski definition) is 1. The lowest BCUT2D eigenvalue weighted by Gasteiger charge is -2.32. The SMILES string of the molecule is COc1ccc(CNC(=O)N2CCCC(COCc3ccccc3)C2)cc1OC. The number of piperidine rings is 1. The Kier molecular flexibility index (Phi) is 7.76. The zero-order valence-electron chi connectivity index (χ0n) is 17.2. The van der Waals surface area contributed by atoms with Crippen molar-refractivity contribution in [1.82, 2.24) is 10.2 Å². The van der Waals surface area contributed by atoms with Gasteiger partial charge in [0.2, 0.25) is 0 Å². The monoisotopic (exact) mass is 398 g/mol. The van der Waals surface area contributed by atoms with E-state index in [4.69, 9.17) is 14.2 Å². The highest BCUT2D eigenvalue weighted by molar-refractivity contribution is 5.74. The maximum atomic E-state index is 12.6. The fraction of sp³-hybridized carbons (Fsp3) is 0.435. The lowest BCUT2D eigenvalue weighted by molar-refractivity contribution is 0.0590. The molecule has 29 heavy (non-hydrogen) atoms. The molecule has 3 rings (SSSR count). The Bertz CT molecular complexity index is 782. The molecule has 1 aliphatic heterocycles. The van der Waals surface area contributed by atoms with E-state index in [9.17, 15) is 4.79 Å². The molecule has 0 aromatic heterocycles. The van der Waals surface area contributed by atoms with E-state index in [0.717, 1.165) is 31.5 Å². The summed E-state index contributed by atoms with van der Waals surface area (Å²) >= 11 is 0. The van der Waals surface area contributed by atoms with Crippen LogP contribution in [0.2, 0.25) is 0 Å². The Hall–Kier alpha value is -2.73. The topological polar surface area (TPSA) is 60.0 Å². The molecule has 0 bridgehead atoms. The Labute approximate surface area is 172 Å². The first-order valence-electron chi connectivity index (χ1n) is 10.0. The van der Waals surface area contributed by atoms with Gasteiger partial charge in [0.05, 0.1) is 27.4 Å². The van der Waals surface area contributed by atoms with Crippen molar-refractivity contribution < 1.29 is 19.0 Å². The van der Waals surface area contributed by atoms with Crippen LogP contribution in [0.25, 0.3) is 0 Å². The molecular weight excluding hydrogens is 368 g/mol. The van der Waals surface area contributed by atoms with Gasteiger partial charge in [-0.3, -0.25) is 0 Å². The van der Waals surface area contributed by atoms with Gasteiger partial charge in [-0.15, -0.1) is 0 Å². The predicted octanol–water partition coefficient (Wildman–Crippen LogP) is 3.84. The molecule has 2 aromatic rings. The van der Waals surface area contributed by atoms with Crippen LogP contribution in [0.5, 0.6) is 11.5 Å². The number of hydrogen-bond acceptors (Lipinski definition) is 4. The zero-order valence-corrected chi connectivity index (χ0v) is 17.2. The summed E-state index contributed by atoms with van der Waals surface area (Å²) in [5.74, 6) is 1.71. The highest BCUT2D eigenvalue weighted by Crippen LogP contribution is 2.27. The standard InChI is InChI=1S/C23H30N2O4/c1-27-21-11-10-19(13-22(21)28-2)14-24-23(26)25-12-6-9-20(15-25)17-29-16-18-7-4-3-5-8-18/h3-5,7-8,10-11,13,20H,6,9,12,14-17H2,1-2H3,(H,24,26). The Balaban J connectivity index is 1.44. The molecule has 6 heteroatoms. The van der Waals surface area contributed by atoms with Crippen molar-refractivity contribution in [3.8, 4) is 11.5 Å². The molecule has 0 saturated carbocycles. The van der Waals surface area contributed by atoms with E-state index >= 15 is 0 Å². The number of methoxy groups -OCH3 is 2. The Morgan fingerprint density at radius 2 is 1.86 bits per heavy atom. The summed E-state index contributed by atoms with van der Waals surface area (Å²) in [5, 5.41) is 3.01. The minimum Gasteiger partial charge on any atom is -0.493 e. The van der Waals surface area contributed by atoms with Crippen LogP contribution in [-0.4, -0.2) is 44.8 Å². The minimum absolute atomic E-state index is 0.0347. The fourth-order valence-electron chi connectivity index (χ4n) is 3.58. The maximum Gasteiger partial charge on any atom is 0.317 e. The van der Waals surface area contributed by atoms with Crippen molar-refractivity contribution in [2.75, 3.05) is 33.9 Å². The summed E-state index contributed by atoms with van der Waals surface area (Å²) in [5.41, 5.74) is 2.14. The molecule has 1 fully saturated rings. The zero-order chi connectivity index (χ0) is 20.5. The van der Waals surface area contributed by atoms with Gasteiger partial charge < -0.3 is 24.4 Å². The van der Waals surface area contributed by atoms with Crippen molar-refractivity contribution in [2.24, 2.45) is 5.92 Å². The van der Waals surface area contributed by atoms with Gasteiger partial charge >= 0.3 is 6.03 Å². The summed E-state index contributed by atoms with van der Waals surface area (Å²) in [6.07, 6.45) is 2.09. The molecule has 2 amide bonds. The van der Waals surface area contributed by atoms with E-state index < -0.39 is 0 Å². The fourth-order valence-corrected chi connectivity index (χ4v) is 3.58. The second-order valence-corrected chi connectivity index (χ2v) is 7.30.